The highest BCUT2D eigenvalue weighted by molar-refractivity contribution is 5.32. The maximum atomic E-state index is 10.6. The van der Waals surface area contributed by atoms with Crippen LogP contribution in [0.4, 0.5) is 5.69 Å². The van der Waals surface area contributed by atoms with Crippen LogP contribution in [-0.4, -0.2) is 36.0 Å². The van der Waals surface area contributed by atoms with Crippen LogP contribution in [0.1, 0.15) is 37.7 Å². The van der Waals surface area contributed by atoms with E-state index in [1.807, 2.05) is 12.1 Å². The van der Waals surface area contributed by atoms with Crippen molar-refractivity contribution >= 4 is 5.69 Å². The number of piperidine rings is 1. The van der Waals surface area contributed by atoms with Crippen molar-refractivity contribution in [2.75, 3.05) is 26.2 Å². The molecular formula is C17H26N3O2. The van der Waals surface area contributed by atoms with Gasteiger partial charge < -0.3 is 10.2 Å². The van der Waals surface area contributed by atoms with E-state index in [2.05, 4.69) is 16.6 Å². The van der Waals surface area contributed by atoms with E-state index in [0.717, 1.165) is 18.7 Å². The van der Waals surface area contributed by atoms with Crippen LogP contribution >= 0.6 is 0 Å². The number of likely N-dealkylation sites (tertiary alicyclic amines) is 1. The molecule has 0 amide bonds. The van der Waals surface area contributed by atoms with Crippen molar-refractivity contribution in [2.45, 2.75) is 38.6 Å². The predicted octanol–water partition coefficient (Wildman–Crippen LogP) is 3.15. The Labute approximate surface area is 132 Å². The Morgan fingerprint density at radius 2 is 1.82 bits per heavy atom. The molecule has 0 spiro atoms. The number of unbranched alkanes of at least 4 members (excludes halogenated alkanes) is 2. The van der Waals surface area contributed by atoms with Crippen molar-refractivity contribution in [3.8, 4) is 0 Å². The summed E-state index contributed by atoms with van der Waals surface area (Å²) in [5.41, 5.74) is 1.24. The molecule has 5 nitrogen and oxygen atoms in total. The molecule has 1 N–H and O–H groups in total. The van der Waals surface area contributed by atoms with Crippen molar-refractivity contribution in [1.82, 2.24) is 10.2 Å². The molecule has 1 fully saturated rings. The highest BCUT2D eigenvalue weighted by Gasteiger charge is 2.08. The lowest BCUT2D eigenvalue weighted by Gasteiger charge is -2.26. The SMILES string of the molecule is O=[N+]([O-])c1ccc(CNCCCCCN2CC[CH]CC2)cc1. The number of nitro benzene ring substituents is 1. The summed E-state index contributed by atoms with van der Waals surface area (Å²) in [4.78, 5) is 12.8. The third kappa shape index (κ3) is 6.12. The molecule has 1 aliphatic rings. The number of hydrogen-bond donors (Lipinski definition) is 1. The van der Waals surface area contributed by atoms with Gasteiger partial charge in [-0.15, -0.1) is 0 Å². The molecule has 0 aliphatic carbocycles. The van der Waals surface area contributed by atoms with E-state index < -0.39 is 0 Å². The summed E-state index contributed by atoms with van der Waals surface area (Å²) < 4.78 is 0. The maximum Gasteiger partial charge on any atom is 0.269 e. The van der Waals surface area contributed by atoms with Crippen LogP contribution in [0.2, 0.25) is 0 Å². The van der Waals surface area contributed by atoms with E-state index in [9.17, 15) is 10.1 Å². The molecule has 0 aromatic heterocycles. The Morgan fingerprint density at radius 3 is 2.50 bits per heavy atom. The van der Waals surface area contributed by atoms with Gasteiger partial charge >= 0.3 is 0 Å². The second-order valence-corrected chi connectivity index (χ2v) is 5.87. The van der Waals surface area contributed by atoms with E-state index in [1.54, 1.807) is 12.1 Å². The first-order valence-electron chi connectivity index (χ1n) is 8.24. The topological polar surface area (TPSA) is 58.4 Å². The zero-order valence-corrected chi connectivity index (χ0v) is 13.2. The van der Waals surface area contributed by atoms with Crippen LogP contribution < -0.4 is 5.32 Å². The number of nitro groups is 1. The van der Waals surface area contributed by atoms with Gasteiger partial charge in [0.05, 0.1) is 4.92 Å². The van der Waals surface area contributed by atoms with Crippen LogP contribution in [0.5, 0.6) is 0 Å². The summed E-state index contributed by atoms with van der Waals surface area (Å²) in [5.74, 6) is 0. The van der Waals surface area contributed by atoms with Crippen molar-refractivity contribution in [3.63, 3.8) is 0 Å². The van der Waals surface area contributed by atoms with Crippen molar-refractivity contribution in [3.05, 3.63) is 46.4 Å². The van der Waals surface area contributed by atoms with E-state index in [4.69, 9.17) is 0 Å². The average molecular weight is 304 g/mol. The maximum absolute atomic E-state index is 10.6. The highest BCUT2D eigenvalue weighted by Crippen LogP contribution is 2.12. The smallest absolute Gasteiger partial charge is 0.269 e. The Balaban J connectivity index is 1.49. The monoisotopic (exact) mass is 304 g/mol. The summed E-state index contributed by atoms with van der Waals surface area (Å²) in [6.45, 7) is 5.48. The van der Waals surface area contributed by atoms with Gasteiger partial charge in [-0.25, -0.2) is 0 Å². The number of benzene rings is 1. The molecule has 1 aromatic carbocycles. The number of hydrogen-bond acceptors (Lipinski definition) is 4. The molecule has 1 radical (unpaired) electrons. The Bertz CT molecular complexity index is 442. The molecule has 5 heteroatoms. The first kappa shape index (κ1) is 16.9. The molecule has 22 heavy (non-hydrogen) atoms. The molecule has 0 bridgehead atoms. The fraction of sp³-hybridized carbons (Fsp3) is 0.588. The molecule has 1 saturated heterocycles. The molecule has 1 aromatic rings. The summed E-state index contributed by atoms with van der Waals surface area (Å²) in [7, 11) is 0. The Morgan fingerprint density at radius 1 is 1.09 bits per heavy atom. The number of rotatable bonds is 9. The average Bonchev–Trinajstić information content (AvgIpc) is 2.55. The molecule has 2 rings (SSSR count). The van der Waals surface area contributed by atoms with E-state index >= 15 is 0 Å². The van der Waals surface area contributed by atoms with Gasteiger partial charge in [0.1, 0.15) is 0 Å². The van der Waals surface area contributed by atoms with Gasteiger partial charge in [0.2, 0.25) is 0 Å². The molecule has 1 heterocycles. The van der Waals surface area contributed by atoms with Crippen LogP contribution in [0.15, 0.2) is 24.3 Å². The summed E-state index contributed by atoms with van der Waals surface area (Å²) >= 11 is 0. The Hall–Kier alpha value is -1.46. The number of non-ortho nitro benzene ring substituents is 1. The Kier molecular flexibility index (Phi) is 7.33. The van der Waals surface area contributed by atoms with E-state index in [1.165, 1.54) is 51.7 Å². The van der Waals surface area contributed by atoms with E-state index in [0.29, 0.717) is 0 Å². The molecule has 0 atom stereocenters. The minimum atomic E-state index is -0.364. The highest BCUT2D eigenvalue weighted by atomic mass is 16.6. The quantitative estimate of drug-likeness (QED) is 0.432. The molecule has 1 aliphatic heterocycles. The minimum absolute atomic E-state index is 0.152. The largest absolute Gasteiger partial charge is 0.313 e. The normalized spacial score (nSPS) is 15.8. The lowest BCUT2D eigenvalue weighted by Crippen LogP contribution is -2.30. The standard InChI is InChI=1S/C17H26N3O2/c21-20(22)17-9-7-16(8-10-17)15-18-11-3-1-4-12-19-13-5-2-6-14-19/h2,7-10,18H,1,3-6,11-15H2. The van der Waals surface area contributed by atoms with E-state index in [-0.39, 0.29) is 10.6 Å². The first-order chi connectivity index (χ1) is 10.8. The minimum Gasteiger partial charge on any atom is -0.313 e. The fourth-order valence-electron chi connectivity index (χ4n) is 2.76. The van der Waals surface area contributed by atoms with Crippen LogP contribution in [0, 0.1) is 16.5 Å². The van der Waals surface area contributed by atoms with Gasteiger partial charge in [-0.3, -0.25) is 10.1 Å². The lowest BCUT2D eigenvalue weighted by atomic mass is 10.1. The first-order valence-corrected chi connectivity index (χ1v) is 8.24. The van der Waals surface area contributed by atoms with Gasteiger partial charge in [-0.05, 0) is 63.8 Å². The lowest BCUT2D eigenvalue weighted by molar-refractivity contribution is -0.384. The van der Waals surface area contributed by atoms with Crippen molar-refractivity contribution < 1.29 is 4.92 Å². The number of nitrogens with one attached hydrogen (secondary N) is 1. The predicted molar refractivity (Wildman–Crippen MR) is 88.6 cm³/mol. The third-order valence-corrected chi connectivity index (χ3v) is 4.10. The zero-order valence-electron chi connectivity index (χ0n) is 13.2. The van der Waals surface area contributed by atoms with Crippen molar-refractivity contribution in [2.24, 2.45) is 0 Å². The van der Waals surface area contributed by atoms with Gasteiger partial charge in [-0.1, -0.05) is 18.6 Å². The molecule has 0 saturated carbocycles. The fourth-order valence-corrected chi connectivity index (χ4v) is 2.76. The second kappa shape index (κ2) is 9.54. The van der Waals surface area contributed by atoms with Gasteiger partial charge in [0, 0.05) is 18.7 Å². The molecule has 0 unspecified atom stereocenters. The summed E-state index contributed by atoms with van der Waals surface area (Å²) in [6, 6.07) is 6.76. The van der Waals surface area contributed by atoms with Crippen LogP contribution in [-0.2, 0) is 6.54 Å². The van der Waals surface area contributed by atoms with Crippen LogP contribution in [0.25, 0.3) is 0 Å². The molecular weight excluding hydrogens is 278 g/mol. The van der Waals surface area contributed by atoms with Gasteiger partial charge in [0.15, 0.2) is 0 Å². The molecule has 121 valence electrons. The third-order valence-electron chi connectivity index (χ3n) is 4.10. The van der Waals surface area contributed by atoms with Gasteiger partial charge in [0.25, 0.3) is 5.69 Å². The second-order valence-electron chi connectivity index (χ2n) is 5.87. The zero-order chi connectivity index (χ0) is 15.6. The van der Waals surface area contributed by atoms with Crippen LogP contribution in [0.3, 0.4) is 0 Å². The summed E-state index contributed by atoms with van der Waals surface area (Å²) in [5, 5.41) is 14.0. The summed E-state index contributed by atoms with van der Waals surface area (Å²) in [6.07, 6.45) is 8.60. The number of nitrogens with zero attached hydrogens (tertiary/aromatic N) is 2. The van der Waals surface area contributed by atoms with Crippen molar-refractivity contribution in [1.29, 1.82) is 0 Å². The van der Waals surface area contributed by atoms with Gasteiger partial charge in [-0.2, -0.15) is 0 Å².